The first-order valence-corrected chi connectivity index (χ1v) is 7.86. The Bertz CT molecular complexity index is 836. The smallest absolute Gasteiger partial charge is 0.285 e. The summed E-state index contributed by atoms with van der Waals surface area (Å²) < 4.78 is 27.4. The molecule has 0 spiro atoms. The minimum absolute atomic E-state index is 0.160. The molecule has 6 nitrogen and oxygen atoms in total. The lowest BCUT2D eigenvalue weighted by molar-refractivity contribution is 0.597. The third kappa shape index (κ3) is 2.57. The van der Waals surface area contributed by atoms with Crippen molar-refractivity contribution in [1.29, 1.82) is 0 Å². The van der Waals surface area contributed by atoms with E-state index in [9.17, 15) is 8.42 Å². The number of benzene rings is 1. The summed E-state index contributed by atoms with van der Waals surface area (Å²) in [7, 11) is -3.64. The Morgan fingerprint density at radius 1 is 1.19 bits per heavy atom. The van der Waals surface area contributed by atoms with E-state index < -0.39 is 10.0 Å². The zero-order valence-corrected chi connectivity index (χ0v) is 12.3. The van der Waals surface area contributed by atoms with Crippen LogP contribution in [0, 0.1) is 0 Å². The van der Waals surface area contributed by atoms with E-state index in [2.05, 4.69) is 9.38 Å². The monoisotopic (exact) mass is 322 g/mol. The molecule has 108 valence electrons. The standard InChI is InChI=1S/C13H11ClN4O2S/c14-9-5-6-13(15)17-10(9)7-18-8-16-21(19,20)12-4-2-1-3-11(12)18/h1-6,8H,7H2,(H2,15,17). The summed E-state index contributed by atoms with van der Waals surface area (Å²) >= 11 is 6.09. The molecule has 0 bridgehead atoms. The number of pyridine rings is 1. The fraction of sp³-hybridized carbons (Fsp3) is 0.0769. The van der Waals surface area contributed by atoms with Crippen molar-refractivity contribution in [3.8, 4) is 0 Å². The van der Waals surface area contributed by atoms with E-state index in [4.69, 9.17) is 17.3 Å². The first-order valence-electron chi connectivity index (χ1n) is 6.04. The quantitative estimate of drug-likeness (QED) is 0.914. The highest BCUT2D eigenvalue weighted by atomic mass is 35.5. The average Bonchev–Trinajstić information content (AvgIpc) is 2.46. The summed E-state index contributed by atoms with van der Waals surface area (Å²) in [6.45, 7) is 0.278. The number of hydrogen-bond acceptors (Lipinski definition) is 5. The molecule has 2 N–H and O–H groups in total. The predicted molar refractivity (Wildman–Crippen MR) is 82.0 cm³/mol. The van der Waals surface area contributed by atoms with Gasteiger partial charge in [-0.1, -0.05) is 23.7 Å². The van der Waals surface area contributed by atoms with E-state index in [-0.39, 0.29) is 11.4 Å². The first-order chi connectivity index (χ1) is 9.97. The molecular weight excluding hydrogens is 312 g/mol. The van der Waals surface area contributed by atoms with Gasteiger partial charge in [0, 0.05) is 0 Å². The Hall–Kier alpha value is -2.12. The Morgan fingerprint density at radius 2 is 1.95 bits per heavy atom. The number of nitrogens with zero attached hydrogens (tertiary/aromatic N) is 3. The van der Waals surface area contributed by atoms with E-state index >= 15 is 0 Å². The maximum atomic E-state index is 11.9. The van der Waals surface area contributed by atoms with Gasteiger partial charge in [-0.15, -0.1) is 4.40 Å². The van der Waals surface area contributed by atoms with Gasteiger partial charge in [-0.3, -0.25) is 0 Å². The third-order valence-electron chi connectivity index (χ3n) is 3.04. The number of anilines is 2. The number of fused-ring (bicyclic) bond motifs is 1. The van der Waals surface area contributed by atoms with Crippen LogP contribution in [0.25, 0.3) is 0 Å². The molecule has 21 heavy (non-hydrogen) atoms. The topological polar surface area (TPSA) is 88.6 Å². The molecule has 1 aliphatic heterocycles. The zero-order valence-electron chi connectivity index (χ0n) is 10.8. The van der Waals surface area contributed by atoms with Crippen LogP contribution in [0.3, 0.4) is 0 Å². The zero-order chi connectivity index (χ0) is 15.0. The van der Waals surface area contributed by atoms with Crippen LogP contribution in [0.15, 0.2) is 45.7 Å². The van der Waals surface area contributed by atoms with Gasteiger partial charge in [-0.05, 0) is 24.3 Å². The van der Waals surface area contributed by atoms with E-state index in [1.54, 1.807) is 35.2 Å². The SMILES string of the molecule is Nc1ccc(Cl)c(CN2C=NS(=O)(=O)c3ccccc32)n1. The highest BCUT2D eigenvalue weighted by Crippen LogP contribution is 2.30. The number of rotatable bonds is 2. The average molecular weight is 323 g/mol. The van der Waals surface area contributed by atoms with Crippen LogP contribution in [0.5, 0.6) is 0 Å². The van der Waals surface area contributed by atoms with Crippen molar-refractivity contribution in [3.05, 3.63) is 47.1 Å². The fourth-order valence-electron chi connectivity index (χ4n) is 2.05. The Labute approximate surface area is 126 Å². The van der Waals surface area contributed by atoms with Crippen molar-refractivity contribution >= 4 is 39.5 Å². The van der Waals surface area contributed by atoms with Crippen LogP contribution >= 0.6 is 11.6 Å². The number of nitrogens with two attached hydrogens (primary N) is 1. The third-order valence-corrected chi connectivity index (χ3v) is 4.66. The lowest BCUT2D eigenvalue weighted by Crippen LogP contribution is -2.27. The normalized spacial score (nSPS) is 15.8. The molecule has 0 radical (unpaired) electrons. The van der Waals surface area contributed by atoms with Crippen molar-refractivity contribution in [3.63, 3.8) is 0 Å². The number of sulfonamides is 1. The highest BCUT2D eigenvalue weighted by Gasteiger charge is 2.25. The molecule has 8 heteroatoms. The van der Waals surface area contributed by atoms with Crippen molar-refractivity contribution < 1.29 is 8.42 Å². The molecule has 2 aromatic rings. The van der Waals surface area contributed by atoms with Crippen LogP contribution in [0.1, 0.15) is 5.69 Å². The second-order valence-corrected chi connectivity index (χ2v) is 6.46. The molecule has 0 aliphatic carbocycles. The van der Waals surface area contributed by atoms with Crippen LogP contribution < -0.4 is 10.6 Å². The summed E-state index contributed by atoms with van der Waals surface area (Å²) in [5.41, 5.74) is 6.74. The van der Waals surface area contributed by atoms with Crippen LogP contribution in [-0.4, -0.2) is 19.7 Å². The largest absolute Gasteiger partial charge is 0.384 e. The van der Waals surface area contributed by atoms with Crippen LogP contribution in [0.4, 0.5) is 11.5 Å². The molecule has 1 aromatic heterocycles. The first kappa shape index (κ1) is 13.8. The number of halogens is 1. The number of hydrogen-bond donors (Lipinski definition) is 1. The van der Waals surface area contributed by atoms with Gasteiger partial charge in [0.05, 0.1) is 22.9 Å². The van der Waals surface area contributed by atoms with E-state index in [1.807, 2.05) is 0 Å². The van der Waals surface area contributed by atoms with Gasteiger partial charge in [-0.25, -0.2) is 4.98 Å². The molecule has 0 unspecified atom stereocenters. The molecule has 0 saturated carbocycles. The number of nitrogen functional groups attached to an aromatic ring is 1. The minimum atomic E-state index is -3.64. The second-order valence-electron chi connectivity index (χ2n) is 4.46. The lowest BCUT2D eigenvalue weighted by Gasteiger charge is -2.25. The molecular formula is C13H11ClN4O2S. The second kappa shape index (κ2) is 5.01. The van der Waals surface area contributed by atoms with Gasteiger partial charge < -0.3 is 10.6 Å². The molecule has 3 rings (SSSR count). The molecule has 1 aliphatic rings. The van der Waals surface area contributed by atoms with Crippen molar-refractivity contribution in [1.82, 2.24) is 4.98 Å². The van der Waals surface area contributed by atoms with E-state index in [1.165, 1.54) is 12.4 Å². The van der Waals surface area contributed by atoms with Gasteiger partial charge in [0.2, 0.25) is 0 Å². The maximum absolute atomic E-state index is 11.9. The molecule has 1 aromatic carbocycles. The number of para-hydroxylation sites is 1. The van der Waals surface area contributed by atoms with Gasteiger partial charge in [0.1, 0.15) is 17.1 Å². The summed E-state index contributed by atoms with van der Waals surface area (Å²) in [6, 6.07) is 9.90. The predicted octanol–water partition coefficient (Wildman–Crippen LogP) is 2.05. The van der Waals surface area contributed by atoms with Gasteiger partial charge in [-0.2, -0.15) is 8.42 Å². The molecule has 2 heterocycles. The summed E-state index contributed by atoms with van der Waals surface area (Å²) in [6.07, 6.45) is 1.26. The van der Waals surface area contributed by atoms with Crippen LogP contribution in [0.2, 0.25) is 5.02 Å². The minimum Gasteiger partial charge on any atom is -0.384 e. The number of aromatic nitrogens is 1. The summed E-state index contributed by atoms with van der Waals surface area (Å²) in [5.74, 6) is 0.351. The van der Waals surface area contributed by atoms with Gasteiger partial charge in [0.15, 0.2) is 0 Å². The Balaban J connectivity index is 2.03. The van der Waals surface area contributed by atoms with Crippen LogP contribution in [-0.2, 0) is 16.6 Å². The Kier molecular flexibility index (Phi) is 3.30. The highest BCUT2D eigenvalue weighted by molar-refractivity contribution is 7.90. The van der Waals surface area contributed by atoms with Gasteiger partial charge in [0.25, 0.3) is 10.0 Å². The van der Waals surface area contributed by atoms with Gasteiger partial charge >= 0.3 is 0 Å². The fourth-order valence-corrected chi connectivity index (χ4v) is 3.27. The summed E-state index contributed by atoms with van der Waals surface area (Å²) in [4.78, 5) is 6.00. The molecule has 0 amide bonds. The molecule has 0 fully saturated rings. The Morgan fingerprint density at radius 3 is 2.76 bits per heavy atom. The van der Waals surface area contributed by atoms with E-state index in [0.29, 0.717) is 22.2 Å². The maximum Gasteiger partial charge on any atom is 0.285 e. The van der Waals surface area contributed by atoms with Crippen molar-refractivity contribution in [2.45, 2.75) is 11.4 Å². The van der Waals surface area contributed by atoms with Crippen molar-refractivity contribution in [2.24, 2.45) is 4.40 Å². The molecule has 0 atom stereocenters. The van der Waals surface area contributed by atoms with E-state index in [0.717, 1.165) is 0 Å². The van der Waals surface area contributed by atoms with Crippen molar-refractivity contribution in [2.75, 3.05) is 10.6 Å². The molecule has 0 saturated heterocycles. The lowest BCUT2D eigenvalue weighted by atomic mass is 10.2. The summed E-state index contributed by atoms with van der Waals surface area (Å²) in [5, 5.41) is 0.462.